The monoisotopic (exact) mass is 445 g/mol. The Labute approximate surface area is 190 Å². The van der Waals surface area contributed by atoms with E-state index in [1.54, 1.807) is 29.9 Å². The number of nitrogens with zero attached hydrogens (tertiary/aromatic N) is 4. The highest BCUT2D eigenvalue weighted by Gasteiger charge is 2.40. The number of hydrogen-bond donors (Lipinski definition) is 2. The van der Waals surface area contributed by atoms with E-state index in [-0.39, 0.29) is 24.8 Å². The van der Waals surface area contributed by atoms with Crippen LogP contribution in [0.5, 0.6) is 0 Å². The molecule has 5 rings (SSSR count). The average molecular weight is 445 g/mol. The smallest absolute Gasteiger partial charge is 0.255 e. The number of nitrogens with one attached hydrogen (secondary N) is 1. The zero-order valence-electron chi connectivity index (χ0n) is 18.1. The fraction of sp³-hybridized carbons (Fsp3) is 0.292. The highest BCUT2D eigenvalue weighted by atomic mass is 16.3. The molecule has 2 aliphatic rings. The van der Waals surface area contributed by atoms with E-state index in [0.29, 0.717) is 29.8 Å². The molecule has 168 valence electrons. The lowest BCUT2D eigenvalue weighted by molar-refractivity contribution is -0.136. The van der Waals surface area contributed by atoms with Crippen molar-refractivity contribution in [3.05, 3.63) is 77.1 Å². The number of piperidine rings is 1. The van der Waals surface area contributed by atoms with Crippen molar-refractivity contribution in [1.29, 1.82) is 0 Å². The van der Waals surface area contributed by atoms with Crippen LogP contribution in [0.1, 0.15) is 46.9 Å². The zero-order chi connectivity index (χ0) is 23.2. The van der Waals surface area contributed by atoms with Gasteiger partial charge in [-0.25, -0.2) is 4.68 Å². The van der Waals surface area contributed by atoms with Crippen molar-refractivity contribution in [3.63, 3.8) is 0 Å². The van der Waals surface area contributed by atoms with Crippen LogP contribution in [0.4, 0.5) is 0 Å². The van der Waals surface area contributed by atoms with Crippen molar-refractivity contribution in [3.8, 4) is 5.69 Å². The Morgan fingerprint density at radius 1 is 1.12 bits per heavy atom. The second-order valence-corrected chi connectivity index (χ2v) is 8.69. The van der Waals surface area contributed by atoms with Crippen LogP contribution in [0.15, 0.2) is 54.7 Å². The van der Waals surface area contributed by atoms with Gasteiger partial charge < -0.3 is 10.0 Å². The number of rotatable bonds is 5. The summed E-state index contributed by atoms with van der Waals surface area (Å²) in [5.74, 6) is -1.02. The lowest BCUT2D eigenvalue weighted by Crippen LogP contribution is -2.52. The van der Waals surface area contributed by atoms with E-state index in [4.69, 9.17) is 0 Å². The Balaban J connectivity index is 1.42. The van der Waals surface area contributed by atoms with Gasteiger partial charge in [0.25, 0.3) is 5.91 Å². The minimum atomic E-state index is -1.23. The van der Waals surface area contributed by atoms with Gasteiger partial charge in [0.2, 0.25) is 11.8 Å². The topological polar surface area (TPSA) is 117 Å². The third-order valence-electron chi connectivity index (χ3n) is 6.24. The van der Waals surface area contributed by atoms with Gasteiger partial charge in [0.05, 0.1) is 11.9 Å². The molecule has 2 unspecified atom stereocenters. The Morgan fingerprint density at radius 3 is 2.67 bits per heavy atom. The molecule has 9 heteroatoms. The molecule has 2 atom stereocenters. The molecule has 3 amide bonds. The summed E-state index contributed by atoms with van der Waals surface area (Å²) in [6.45, 7) is 1.92. The molecule has 0 saturated carbocycles. The van der Waals surface area contributed by atoms with Crippen LogP contribution >= 0.6 is 0 Å². The molecule has 1 fully saturated rings. The zero-order valence-corrected chi connectivity index (χ0v) is 18.1. The number of amides is 3. The molecule has 0 radical (unpaired) electrons. The quantitative estimate of drug-likeness (QED) is 0.575. The van der Waals surface area contributed by atoms with Gasteiger partial charge in [-0.2, -0.15) is 0 Å². The summed E-state index contributed by atoms with van der Waals surface area (Å²) in [6, 6.07) is 14.2. The van der Waals surface area contributed by atoms with Crippen LogP contribution in [-0.2, 0) is 28.2 Å². The van der Waals surface area contributed by atoms with Gasteiger partial charge in [-0.3, -0.25) is 19.7 Å². The summed E-state index contributed by atoms with van der Waals surface area (Å²) in [5, 5.41) is 21.8. The van der Waals surface area contributed by atoms with Crippen LogP contribution in [0.3, 0.4) is 0 Å². The molecule has 1 saturated heterocycles. The van der Waals surface area contributed by atoms with E-state index in [9.17, 15) is 19.5 Å². The summed E-state index contributed by atoms with van der Waals surface area (Å²) < 4.78 is 1.55. The van der Waals surface area contributed by atoms with Crippen molar-refractivity contribution >= 4 is 17.7 Å². The highest BCUT2D eigenvalue weighted by Crippen LogP contribution is 2.32. The molecule has 1 aromatic heterocycles. The van der Waals surface area contributed by atoms with Gasteiger partial charge in [0, 0.05) is 30.5 Å². The van der Waals surface area contributed by atoms with Gasteiger partial charge in [0.15, 0.2) is 0 Å². The molecule has 33 heavy (non-hydrogen) atoms. The lowest BCUT2D eigenvalue weighted by atomic mass is 9.94. The predicted molar refractivity (Wildman–Crippen MR) is 117 cm³/mol. The minimum Gasteiger partial charge on any atom is -0.383 e. The van der Waals surface area contributed by atoms with Crippen molar-refractivity contribution in [2.24, 2.45) is 0 Å². The van der Waals surface area contributed by atoms with Crippen LogP contribution < -0.4 is 5.32 Å². The summed E-state index contributed by atoms with van der Waals surface area (Å²) in [5.41, 5.74) is 2.03. The summed E-state index contributed by atoms with van der Waals surface area (Å²) >= 11 is 0. The molecule has 9 nitrogen and oxygen atoms in total. The molecule has 3 aromatic rings. The lowest BCUT2D eigenvalue weighted by Gasteiger charge is -2.29. The van der Waals surface area contributed by atoms with E-state index in [0.717, 1.165) is 11.1 Å². The van der Waals surface area contributed by atoms with E-state index in [2.05, 4.69) is 15.6 Å². The summed E-state index contributed by atoms with van der Waals surface area (Å²) in [7, 11) is 0. The Hall–Kier alpha value is -3.85. The van der Waals surface area contributed by atoms with Crippen LogP contribution in [0, 0.1) is 0 Å². The van der Waals surface area contributed by atoms with Crippen molar-refractivity contribution in [2.45, 2.75) is 44.4 Å². The number of carbonyl (C=O) groups excluding carboxylic acids is 3. The van der Waals surface area contributed by atoms with Gasteiger partial charge in [-0.15, -0.1) is 5.10 Å². The minimum absolute atomic E-state index is 0.201. The molecular formula is C24H23N5O4. The second kappa shape index (κ2) is 7.93. The van der Waals surface area contributed by atoms with Gasteiger partial charge >= 0.3 is 0 Å². The van der Waals surface area contributed by atoms with Gasteiger partial charge in [-0.05, 0) is 31.0 Å². The molecule has 0 aliphatic carbocycles. The first-order chi connectivity index (χ1) is 15.8. The number of carbonyl (C=O) groups is 3. The second-order valence-electron chi connectivity index (χ2n) is 8.69. The van der Waals surface area contributed by atoms with E-state index < -0.39 is 17.6 Å². The standard InChI is InChI=1S/C24H23N5O4/c1-24(33,12-15-6-3-2-4-7-15)20-14-29(27-26-20)18-9-5-8-16-17(18)13-28(23(16)32)19-10-11-21(30)25-22(19)31/h2-9,14,19,33H,10-13H2,1H3,(H,25,30,31). The molecule has 0 bridgehead atoms. The number of benzene rings is 2. The summed E-state index contributed by atoms with van der Waals surface area (Å²) in [6.07, 6.45) is 2.54. The Kier molecular flexibility index (Phi) is 5.05. The fourth-order valence-electron chi connectivity index (χ4n) is 4.50. The molecule has 2 aromatic carbocycles. The van der Waals surface area contributed by atoms with Crippen molar-refractivity contribution in [1.82, 2.24) is 25.2 Å². The number of imide groups is 1. The first-order valence-corrected chi connectivity index (χ1v) is 10.8. The van der Waals surface area contributed by atoms with Crippen LogP contribution in [0.2, 0.25) is 0 Å². The maximum atomic E-state index is 13.0. The molecule has 3 heterocycles. The number of fused-ring (bicyclic) bond motifs is 1. The van der Waals surface area contributed by atoms with Gasteiger partial charge in [0.1, 0.15) is 17.3 Å². The SMILES string of the molecule is CC(O)(Cc1ccccc1)c1cn(-c2cccc3c2CN(C2CCC(=O)NC2=O)C3=O)nn1. The molecule has 2 aliphatic heterocycles. The van der Waals surface area contributed by atoms with E-state index >= 15 is 0 Å². The number of aromatic nitrogens is 3. The third-order valence-corrected chi connectivity index (χ3v) is 6.24. The van der Waals surface area contributed by atoms with Crippen LogP contribution in [0.25, 0.3) is 5.69 Å². The molecule has 0 spiro atoms. The maximum absolute atomic E-state index is 13.0. The first-order valence-electron chi connectivity index (χ1n) is 10.8. The Morgan fingerprint density at radius 2 is 1.91 bits per heavy atom. The number of hydrogen-bond acceptors (Lipinski definition) is 6. The summed E-state index contributed by atoms with van der Waals surface area (Å²) in [4.78, 5) is 38.4. The van der Waals surface area contributed by atoms with Crippen molar-refractivity contribution in [2.75, 3.05) is 0 Å². The fourth-order valence-corrected chi connectivity index (χ4v) is 4.50. The average Bonchev–Trinajstić information content (AvgIpc) is 3.40. The molecular weight excluding hydrogens is 422 g/mol. The molecule has 2 N–H and O–H groups in total. The Bertz CT molecular complexity index is 1250. The highest BCUT2D eigenvalue weighted by molar-refractivity contribution is 6.05. The number of aliphatic hydroxyl groups is 1. The van der Waals surface area contributed by atoms with Crippen LogP contribution in [-0.4, -0.2) is 48.8 Å². The predicted octanol–water partition coefficient (Wildman–Crippen LogP) is 1.48. The van der Waals surface area contributed by atoms with Gasteiger partial charge in [-0.1, -0.05) is 41.6 Å². The normalized spacial score (nSPS) is 19.9. The largest absolute Gasteiger partial charge is 0.383 e. The van der Waals surface area contributed by atoms with Crippen molar-refractivity contribution < 1.29 is 19.5 Å². The maximum Gasteiger partial charge on any atom is 0.255 e. The van der Waals surface area contributed by atoms with E-state index in [1.807, 2.05) is 36.4 Å². The third kappa shape index (κ3) is 3.80. The van der Waals surface area contributed by atoms with E-state index in [1.165, 1.54) is 4.90 Å². The first kappa shape index (κ1) is 21.0.